The van der Waals surface area contributed by atoms with E-state index in [9.17, 15) is 18.8 Å². The van der Waals surface area contributed by atoms with E-state index in [0.29, 0.717) is 65.3 Å². The van der Waals surface area contributed by atoms with Gasteiger partial charge in [-0.1, -0.05) is 0 Å². The molecule has 2 aromatic rings. The second-order valence-corrected chi connectivity index (χ2v) is 8.43. The highest BCUT2D eigenvalue weighted by molar-refractivity contribution is 6.34. The van der Waals surface area contributed by atoms with Crippen molar-refractivity contribution in [1.29, 1.82) is 0 Å². The zero-order valence-electron chi connectivity index (χ0n) is 18.9. The number of carbonyl (C=O) groups excluding carboxylic acids is 3. The minimum atomic E-state index is -0.425. The zero-order chi connectivity index (χ0) is 23.7. The summed E-state index contributed by atoms with van der Waals surface area (Å²) >= 11 is 0. The molecule has 0 atom stereocenters. The van der Waals surface area contributed by atoms with Gasteiger partial charge in [0, 0.05) is 48.9 Å². The fraction of sp³-hybridized carbons (Fsp3) is 0.375. The number of carbonyl (C=O) groups is 3. The Morgan fingerprint density at radius 2 is 2.00 bits per heavy atom. The molecule has 1 saturated heterocycles. The Kier molecular flexibility index (Phi) is 6.33. The van der Waals surface area contributed by atoms with Crippen molar-refractivity contribution in [3.8, 4) is 0 Å². The summed E-state index contributed by atoms with van der Waals surface area (Å²) in [5.74, 6) is -0.988. The Hall–Kier alpha value is -3.46. The Labute approximate surface area is 191 Å². The maximum absolute atomic E-state index is 13.7. The minimum Gasteiger partial charge on any atom is -0.375 e. The van der Waals surface area contributed by atoms with E-state index >= 15 is 0 Å². The van der Waals surface area contributed by atoms with Crippen molar-refractivity contribution in [2.45, 2.75) is 32.7 Å². The molecule has 8 nitrogen and oxygen atoms in total. The fourth-order valence-electron chi connectivity index (χ4n) is 4.45. The number of methoxy groups -OCH3 is 1. The van der Waals surface area contributed by atoms with E-state index in [1.54, 1.807) is 17.9 Å². The second kappa shape index (κ2) is 9.19. The van der Waals surface area contributed by atoms with Gasteiger partial charge in [0.1, 0.15) is 12.4 Å². The molecule has 3 amide bonds. The number of aryl methyl sites for hydroxylation is 1. The lowest BCUT2D eigenvalue weighted by atomic mass is 10.0. The average molecular weight is 455 g/mol. The molecule has 0 bridgehead atoms. The number of halogens is 1. The second-order valence-electron chi connectivity index (χ2n) is 8.43. The van der Waals surface area contributed by atoms with E-state index in [4.69, 9.17) is 4.74 Å². The van der Waals surface area contributed by atoms with Gasteiger partial charge in [-0.05, 0) is 56.5 Å². The van der Waals surface area contributed by atoms with Crippen LogP contribution in [0.25, 0.3) is 11.6 Å². The summed E-state index contributed by atoms with van der Waals surface area (Å²) in [4.78, 5) is 42.4. The predicted octanol–water partition coefficient (Wildman–Crippen LogP) is 2.63. The lowest BCUT2D eigenvalue weighted by molar-refractivity contribution is -0.136. The molecule has 2 aliphatic rings. The van der Waals surface area contributed by atoms with Crippen LogP contribution in [0.3, 0.4) is 0 Å². The highest BCUT2D eigenvalue weighted by Gasteiger charge is 2.28. The van der Waals surface area contributed by atoms with Gasteiger partial charge in [-0.15, -0.1) is 0 Å². The first-order valence-corrected chi connectivity index (χ1v) is 10.9. The van der Waals surface area contributed by atoms with Crippen molar-refractivity contribution in [2.24, 2.45) is 0 Å². The normalized spacial score (nSPS) is 17.3. The number of hydrogen-bond acceptors (Lipinski definition) is 4. The zero-order valence-corrected chi connectivity index (χ0v) is 18.9. The van der Waals surface area contributed by atoms with Gasteiger partial charge in [-0.3, -0.25) is 14.4 Å². The van der Waals surface area contributed by atoms with Gasteiger partial charge in [-0.25, -0.2) is 4.39 Å². The summed E-state index contributed by atoms with van der Waals surface area (Å²) in [6, 6.07) is 4.12. The number of anilines is 1. The number of fused-ring (bicyclic) bond motifs is 1. The Morgan fingerprint density at radius 3 is 2.70 bits per heavy atom. The van der Waals surface area contributed by atoms with Crippen LogP contribution >= 0.6 is 0 Å². The lowest BCUT2D eigenvalue weighted by Gasteiger charge is -2.32. The molecule has 1 fully saturated rings. The van der Waals surface area contributed by atoms with Crippen molar-refractivity contribution in [1.82, 2.24) is 15.2 Å². The molecule has 0 unspecified atom stereocenters. The highest BCUT2D eigenvalue weighted by atomic mass is 19.1. The van der Waals surface area contributed by atoms with Gasteiger partial charge in [0.15, 0.2) is 0 Å². The standard InChI is InChI=1S/C24H27FN4O4/c1-13-20(11-18-17-10-15(25)4-5-19(17)28-23(18)31)26-14(2)22(13)24(32)27-16-6-8-29(9-7-16)21(30)12-33-3/h4-5,10-11,16,26H,6-9,12H2,1-3H3,(H,27,32)(H,28,31). The number of aromatic nitrogens is 1. The summed E-state index contributed by atoms with van der Waals surface area (Å²) in [5, 5.41) is 5.80. The van der Waals surface area contributed by atoms with Crippen LogP contribution in [0.4, 0.5) is 10.1 Å². The number of aromatic amines is 1. The van der Waals surface area contributed by atoms with E-state index in [0.717, 1.165) is 0 Å². The first-order chi connectivity index (χ1) is 15.8. The molecule has 0 radical (unpaired) electrons. The molecular formula is C24H27FN4O4. The van der Waals surface area contributed by atoms with Gasteiger partial charge in [0.2, 0.25) is 5.91 Å². The van der Waals surface area contributed by atoms with Crippen molar-refractivity contribution >= 4 is 35.1 Å². The first-order valence-electron chi connectivity index (χ1n) is 10.9. The van der Waals surface area contributed by atoms with Gasteiger partial charge < -0.3 is 25.3 Å². The number of piperidine rings is 1. The summed E-state index contributed by atoms with van der Waals surface area (Å²) in [6.07, 6.45) is 2.99. The third-order valence-corrected chi connectivity index (χ3v) is 6.21. The van der Waals surface area contributed by atoms with Crippen molar-refractivity contribution in [3.05, 3.63) is 52.1 Å². The Bertz CT molecular complexity index is 1150. The van der Waals surface area contributed by atoms with Crippen LogP contribution < -0.4 is 10.6 Å². The number of hydrogen-bond donors (Lipinski definition) is 3. The minimum absolute atomic E-state index is 0.0324. The Morgan fingerprint density at radius 1 is 1.27 bits per heavy atom. The van der Waals surface area contributed by atoms with E-state index in [2.05, 4.69) is 15.6 Å². The van der Waals surface area contributed by atoms with Crippen LogP contribution in [0.1, 0.15) is 45.7 Å². The summed E-state index contributed by atoms with van der Waals surface area (Å²) in [7, 11) is 1.49. The number of nitrogens with zero attached hydrogens (tertiary/aromatic N) is 1. The summed E-state index contributed by atoms with van der Waals surface area (Å²) in [5.41, 5.74) is 3.94. The molecular weight excluding hydrogens is 427 g/mol. The van der Waals surface area contributed by atoms with Gasteiger partial charge in [0.25, 0.3) is 11.8 Å². The number of nitrogens with one attached hydrogen (secondary N) is 3. The molecule has 1 aromatic heterocycles. The van der Waals surface area contributed by atoms with Crippen molar-refractivity contribution in [3.63, 3.8) is 0 Å². The summed E-state index contributed by atoms with van der Waals surface area (Å²) in [6.45, 7) is 4.82. The molecule has 174 valence electrons. The maximum atomic E-state index is 13.7. The SMILES string of the molecule is COCC(=O)N1CCC(NC(=O)c2c(C)[nH]c(C=C3C(=O)Nc4ccc(F)cc43)c2C)CC1. The largest absolute Gasteiger partial charge is 0.375 e. The third-order valence-electron chi connectivity index (χ3n) is 6.21. The van der Waals surface area contributed by atoms with Crippen LogP contribution in [0.5, 0.6) is 0 Å². The maximum Gasteiger partial charge on any atom is 0.256 e. The van der Waals surface area contributed by atoms with Crippen molar-refractivity contribution in [2.75, 3.05) is 32.1 Å². The smallest absolute Gasteiger partial charge is 0.256 e. The number of benzene rings is 1. The molecule has 2 aliphatic heterocycles. The molecule has 0 aliphatic carbocycles. The number of H-pyrrole nitrogens is 1. The number of rotatable bonds is 5. The van der Waals surface area contributed by atoms with Gasteiger partial charge in [-0.2, -0.15) is 0 Å². The molecule has 3 heterocycles. The molecule has 0 saturated carbocycles. The van der Waals surface area contributed by atoms with Crippen LogP contribution in [0.2, 0.25) is 0 Å². The molecule has 4 rings (SSSR count). The van der Waals surface area contributed by atoms with E-state index in [1.165, 1.54) is 25.3 Å². The molecule has 3 N–H and O–H groups in total. The monoisotopic (exact) mass is 454 g/mol. The number of amides is 3. The Balaban J connectivity index is 1.49. The number of likely N-dealkylation sites (tertiary alicyclic amines) is 1. The first kappa shape index (κ1) is 22.7. The van der Waals surface area contributed by atoms with Crippen LogP contribution in [0, 0.1) is 19.7 Å². The number of ether oxygens (including phenoxy) is 1. The summed E-state index contributed by atoms with van der Waals surface area (Å²) < 4.78 is 18.6. The predicted molar refractivity (Wildman–Crippen MR) is 122 cm³/mol. The van der Waals surface area contributed by atoms with Gasteiger partial charge >= 0.3 is 0 Å². The van der Waals surface area contributed by atoms with Crippen LogP contribution in [-0.2, 0) is 14.3 Å². The average Bonchev–Trinajstić information content (AvgIpc) is 3.23. The highest BCUT2D eigenvalue weighted by Crippen LogP contribution is 2.34. The van der Waals surface area contributed by atoms with Gasteiger partial charge in [0.05, 0.1) is 11.1 Å². The van der Waals surface area contributed by atoms with Crippen molar-refractivity contribution < 1.29 is 23.5 Å². The molecule has 33 heavy (non-hydrogen) atoms. The lowest BCUT2D eigenvalue weighted by Crippen LogP contribution is -2.47. The quantitative estimate of drug-likeness (QED) is 0.605. The fourth-order valence-corrected chi connectivity index (χ4v) is 4.45. The van der Waals surface area contributed by atoms with Crippen LogP contribution in [0.15, 0.2) is 18.2 Å². The van der Waals surface area contributed by atoms with E-state index < -0.39 is 5.82 Å². The van der Waals surface area contributed by atoms with Crippen LogP contribution in [-0.4, -0.2) is 60.5 Å². The van der Waals surface area contributed by atoms with E-state index in [-0.39, 0.29) is 30.4 Å². The molecule has 0 spiro atoms. The molecule has 9 heteroatoms. The molecule has 1 aromatic carbocycles. The van der Waals surface area contributed by atoms with E-state index in [1.807, 2.05) is 6.92 Å². The third kappa shape index (κ3) is 4.54. The topological polar surface area (TPSA) is 104 Å².